The molecule has 0 unspecified atom stereocenters. The van der Waals surface area contributed by atoms with Gasteiger partial charge >= 0.3 is 0 Å². The summed E-state index contributed by atoms with van der Waals surface area (Å²) in [6.07, 6.45) is 0. The molecule has 1 aliphatic heterocycles. The molecular formula is C23H29FN4O2. The van der Waals surface area contributed by atoms with Gasteiger partial charge in [0.25, 0.3) is 0 Å². The fraction of sp³-hybridized carbons (Fsp3) is 0.391. The van der Waals surface area contributed by atoms with Crippen LogP contribution in [0.5, 0.6) is 0 Å². The van der Waals surface area contributed by atoms with Crippen LogP contribution in [0, 0.1) is 19.7 Å². The van der Waals surface area contributed by atoms with Gasteiger partial charge < -0.3 is 10.6 Å². The van der Waals surface area contributed by atoms with Crippen LogP contribution in [0.3, 0.4) is 0 Å². The largest absolute Gasteiger partial charge is 0.351 e. The molecule has 1 heterocycles. The summed E-state index contributed by atoms with van der Waals surface area (Å²) < 4.78 is 12.9. The van der Waals surface area contributed by atoms with Crippen molar-refractivity contribution >= 4 is 17.5 Å². The SMILES string of the molecule is Cc1cccc(C)c1NC(=O)CN1CCN(CC(=O)NCc2ccc(F)cc2)CC1. The zero-order chi connectivity index (χ0) is 21.5. The molecular weight excluding hydrogens is 383 g/mol. The van der Waals surface area contributed by atoms with Crippen LogP contribution in [-0.2, 0) is 16.1 Å². The van der Waals surface area contributed by atoms with Crippen molar-refractivity contribution in [2.75, 3.05) is 44.6 Å². The number of aryl methyl sites for hydroxylation is 2. The molecule has 3 rings (SSSR count). The van der Waals surface area contributed by atoms with Gasteiger partial charge in [-0.25, -0.2) is 4.39 Å². The Morgan fingerprint density at radius 3 is 1.97 bits per heavy atom. The number of hydrogen-bond donors (Lipinski definition) is 2. The van der Waals surface area contributed by atoms with Crippen molar-refractivity contribution in [1.82, 2.24) is 15.1 Å². The number of para-hydroxylation sites is 1. The van der Waals surface area contributed by atoms with Gasteiger partial charge in [-0.2, -0.15) is 0 Å². The first-order chi connectivity index (χ1) is 14.4. The molecule has 2 N–H and O–H groups in total. The number of halogens is 1. The first-order valence-corrected chi connectivity index (χ1v) is 10.2. The number of carbonyl (C=O) groups excluding carboxylic acids is 2. The van der Waals surface area contributed by atoms with Gasteiger partial charge in [0.1, 0.15) is 5.82 Å². The fourth-order valence-electron chi connectivity index (χ4n) is 3.56. The summed E-state index contributed by atoms with van der Waals surface area (Å²) in [7, 11) is 0. The minimum atomic E-state index is -0.286. The zero-order valence-electron chi connectivity index (χ0n) is 17.6. The predicted molar refractivity (Wildman–Crippen MR) is 116 cm³/mol. The summed E-state index contributed by atoms with van der Waals surface area (Å²) in [5.74, 6) is -0.357. The molecule has 1 aliphatic rings. The number of hydrogen-bond acceptors (Lipinski definition) is 4. The number of nitrogens with one attached hydrogen (secondary N) is 2. The summed E-state index contributed by atoms with van der Waals surface area (Å²) in [4.78, 5) is 28.8. The van der Waals surface area contributed by atoms with Gasteiger partial charge in [0.15, 0.2) is 0 Å². The first-order valence-electron chi connectivity index (χ1n) is 10.2. The van der Waals surface area contributed by atoms with Crippen LogP contribution >= 0.6 is 0 Å². The van der Waals surface area contributed by atoms with E-state index < -0.39 is 0 Å². The van der Waals surface area contributed by atoms with Crippen molar-refractivity contribution in [2.45, 2.75) is 20.4 Å². The van der Waals surface area contributed by atoms with Gasteiger partial charge in [0, 0.05) is 38.4 Å². The van der Waals surface area contributed by atoms with E-state index in [1.165, 1.54) is 12.1 Å². The smallest absolute Gasteiger partial charge is 0.238 e. The summed E-state index contributed by atoms with van der Waals surface area (Å²) in [6.45, 7) is 7.99. The number of carbonyl (C=O) groups is 2. The second-order valence-electron chi connectivity index (χ2n) is 7.77. The molecule has 0 spiro atoms. The van der Waals surface area contributed by atoms with Crippen molar-refractivity contribution in [1.29, 1.82) is 0 Å². The number of amides is 2. The lowest BCUT2D eigenvalue weighted by Gasteiger charge is -2.33. The summed E-state index contributed by atoms with van der Waals surface area (Å²) in [6, 6.07) is 12.1. The van der Waals surface area contributed by atoms with E-state index in [0.29, 0.717) is 19.6 Å². The van der Waals surface area contributed by atoms with Crippen LogP contribution in [-0.4, -0.2) is 60.9 Å². The third-order valence-electron chi connectivity index (χ3n) is 5.35. The molecule has 1 saturated heterocycles. The van der Waals surface area contributed by atoms with Gasteiger partial charge in [-0.3, -0.25) is 19.4 Å². The first kappa shape index (κ1) is 21.9. The quantitative estimate of drug-likeness (QED) is 0.733. The monoisotopic (exact) mass is 412 g/mol. The highest BCUT2D eigenvalue weighted by Gasteiger charge is 2.21. The lowest BCUT2D eigenvalue weighted by Crippen LogP contribution is -2.50. The van der Waals surface area contributed by atoms with E-state index in [-0.39, 0.29) is 17.6 Å². The Kier molecular flexibility index (Phi) is 7.54. The van der Waals surface area contributed by atoms with Crippen LogP contribution in [0.1, 0.15) is 16.7 Å². The third kappa shape index (κ3) is 6.37. The molecule has 0 aromatic heterocycles. The summed E-state index contributed by atoms with van der Waals surface area (Å²) in [5, 5.41) is 5.89. The van der Waals surface area contributed by atoms with Crippen molar-refractivity contribution < 1.29 is 14.0 Å². The Labute approximate surface area is 177 Å². The minimum absolute atomic E-state index is 0.0158. The van der Waals surface area contributed by atoms with E-state index in [1.807, 2.05) is 32.0 Å². The van der Waals surface area contributed by atoms with Crippen molar-refractivity contribution in [3.63, 3.8) is 0 Å². The average molecular weight is 413 g/mol. The molecule has 0 bridgehead atoms. The van der Waals surface area contributed by atoms with Gasteiger partial charge in [0.05, 0.1) is 13.1 Å². The second kappa shape index (κ2) is 10.3. The molecule has 2 aromatic carbocycles. The minimum Gasteiger partial charge on any atom is -0.351 e. The summed E-state index contributed by atoms with van der Waals surface area (Å²) in [5.41, 5.74) is 3.86. The van der Waals surface area contributed by atoms with Gasteiger partial charge in [-0.1, -0.05) is 30.3 Å². The number of rotatable bonds is 7. The van der Waals surface area contributed by atoms with E-state index in [9.17, 15) is 14.0 Å². The Balaban J connectivity index is 1.37. The van der Waals surface area contributed by atoms with Crippen molar-refractivity contribution in [3.8, 4) is 0 Å². The summed E-state index contributed by atoms with van der Waals surface area (Å²) >= 11 is 0. The van der Waals surface area contributed by atoms with E-state index in [4.69, 9.17) is 0 Å². The van der Waals surface area contributed by atoms with Gasteiger partial charge in [0.2, 0.25) is 11.8 Å². The maximum Gasteiger partial charge on any atom is 0.238 e. The second-order valence-corrected chi connectivity index (χ2v) is 7.77. The maximum atomic E-state index is 12.9. The molecule has 1 fully saturated rings. The number of benzene rings is 2. The third-order valence-corrected chi connectivity index (χ3v) is 5.35. The highest BCUT2D eigenvalue weighted by molar-refractivity contribution is 5.93. The van der Waals surface area contributed by atoms with Crippen LogP contribution < -0.4 is 10.6 Å². The van der Waals surface area contributed by atoms with E-state index in [2.05, 4.69) is 20.4 Å². The lowest BCUT2D eigenvalue weighted by molar-refractivity contribution is -0.123. The van der Waals surface area contributed by atoms with Crippen LogP contribution in [0.15, 0.2) is 42.5 Å². The van der Waals surface area contributed by atoms with Crippen LogP contribution in [0.2, 0.25) is 0 Å². The molecule has 0 atom stereocenters. The number of anilines is 1. The molecule has 30 heavy (non-hydrogen) atoms. The van der Waals surface area contributed by atoms with E-state index in [1.54, 1.807) is 12.1 Å². The Hall–Kier alpha value is -2.77. The molecule has 7 heteroatoms. The van der Waals surface area contributed by atoms with Crippen molar-refractivity contribution in [2.24, 2.45) is 0 Å². The Bertz CT molecular complexity index is 857. The van der Waals surface area contributed by atoms with Gasteiger partial charge in [-0.15, -0.1) is 0 Å². The molecule has 0 radical (unpaired) electrons. The molecule has 6 nitrogen and oxygen atoms in total. The molecule has 2 aromatic rings. The zero-order valence-corrected chi connectivity index (χ0v) is 17.6. The molecule has 0 aliphatic carbocycles. The van der Waals surface area contributed by atoms with Crippen molar-refractivity contribution in [3.05, 3.63) is 65.0 Å². The van der Waals surface area contributed by atoms with E-state index in [0.717, 1.165) is 48.6 Å². The molecule has 160 valence electrons. The van der Waals surface area contributed by atoms with Crippen LogP contribution in [0.25, 0.3) is 0 Å². The maximum absolute atomic E-state index is 12.9. The topological polar surface area (TPSA) is 64.7 Å². The van der Waals surface area contributed by atoms with E-state index >= 15 is 0 Å². The predicted octanol–water partition coefficient (Wildman–Crippen LogP) is 2.32. The average Bonchev–Trinajstić information content (AvgIpc) is 2.72. The molecule has 0 saturated carbocycles. The lowest BCUT2D eigenvalue weighted by atomic mass is 10.1. The highest BCUT2D eigenvalue weighted by atomic mass is 19.1. The number of nitrogens with zero attached hydrogens (tertiary/aromatic N) is 2. The van der Waals surface area contributed by atoms with Gasteiger partial charge in [-0.05, 0) is 42.7 Å². The standard InChI is InChI=1S/C23H29FN4O2/c1-17-4-3-5-18(2)23(17)26-22(30)16-28-12-10-27(11-13-28)15-21(29)25-14-19-6-8-20(24)9-7-19/h3-9H,10-16H2,1-2H3,(H,25,29)(H,26,30). The normalized spacial score (nSPS) is 15.0. The molecule has 2 amide bonds. The van der Waals surface area contributed by atoms with Crippen LogP contribution in [0.4, 0.5) is 10.1 Å². The number of piperazine rings is 1. The highest BCUT2D eigenvalue weighted by Crippen LogP contribution is 2.19. The Morgan fingerprint density at radius 2 is 1.40 bits per heavy atom. The fourth-order valence-corrected chi connectivity index (χ4v) is 3.56. The Morgan fingerprint density at radius 1 is 0.867 bits per heavy atom.